The highest BCUT2D eigenvalue weighted by atomic mass is 16.5. The van der Waals surface area contributed by atoms with Crippen molar-refractivity contribution in [2.45, 2.75) is 44.6 Å². The number of carbonyl (C=O) groups is 1. The lowest BCUT2D eigenvalue weighted by Crippen LogP contribution is -2.41. The number of hydrogen-bond acceptors (Lipinski definition) is 3. The molecule has 0 aromatic heterocycles. The summed E-state index contributed by atoms with van der Waals surface area (Å²) in [7, 11) is 0. The highest BCUT2D eigenvalue weighted by Crippen LogP contribution is 2.30. The van der Waals surface area contributed by atoms with Crippen molar-refractivity contribution in [2.24, 2.45) is 17.6 Å². The molecular weight excluding hydrogens is 216 g/mol. The van der Waals surface area contributed by atoms with Crippen LogP contribution in [0.15, 0.2) is 0 Å². The molecule has 2 fully saturated rings. The molecular formula is C13H24N2O2. The predicted octanol–water partition coefficient (Wildman–Crippen LogP) is 1.05. The van der Waals surface area contributed by atoms with Crippen molar-refractivity contribution in [1.82, 2.24) is 5.32 Å². The lowest BCUT2D eigenvalue weighted by atomic mass is 9.96. The fourth-order valence-electron chi connectivity index (χ4n) is 2.99. The van der Waals surface area contributed by atoms with Crippen LogP contribution in [0, 0.1) is 11.8 Å². The lowest BCUT2D eigenvalue weighted by molar-refractivity contribution is -0.135. The molecule has 3 unspecified atom stereocenters. The number of amides is 1. The number of nitrogens with one attached hydrogen (secondary N) is 1. The Hall–Kier alpha value is -0.610. The summed E-state index contributed by atoms with van der Waals surface area (Å²) in [5, 5.41) is 3.04. The van der Waals surface area contributed by atoms with Crippen LogP contribution < -0.4 is 11.1 Å². The minimum absolute atomic E-state index is 0.0763. The zero-order chi connectivity index (χ0) is 12.1. The molecule has 0 bridgehead atoms. The Bertz CT molecular complexity index is 252. The van der Waals surface area contributed by atoms with Gasteiger partial charge in [0.25, 0.3) is 0 Å². The number of nitrogens with two attached hydrogens (primary N) is 1. The summed E-state index contributed by atoms with van der Waals surface area (Å²) in [6, 6.07) is 0. The topological polar surface area (TPSA) is 64.3 Å². The van der Waals surface area contributed by atoms with Crippen molar-refractivity contribution in [3.8, 4) is 0 Å². The molecule has 98 valence electrons. The third kappa shape index (κ3) is 3.42. The first kappa shape index (κ1) is 12.8. The van der Waals surface area contributed by atoms with Crippen molar-refractivity contribution in [3.05, 3.63) is 0 Å². The fraction of sp³-hybridized carbons (Fsp3) is 0.923. The minimum Gasteiger partial charge on any atom is -0.368 e. The summed E-state index contributed by atoms with van der Waals surface area (Å²) >= 11 is 0. The van der Waals surface area contributed by atoms with Gasteiger partial charge < -0.3 is 15.8 Å². The van der Waals surface area contributed by atoms with Crippen molar-refractivity contribution in [3.63, 3.8) is 0 Å². The normalized spacial score (nSPS) is 33.6. The van der Waals surface area contributed by atoms with Crippen molar-refractivity contribution >= 4 is 5.91 Å². The molecule has 1 saturated heterocycles. The van der Waals surface area contributed by atoms with E-state index in [1.54, 1.807) is 0 Å². The maximum atomic E-state index is 11.9. The first-order chi connectivity index (χ1) is 8.31. The summed E-state index contributed by atoms with van der Waals surface area (Å²) in [6.45, 7) is 2.26. The van der Waals surface area contributed by atoms with Gasteiger partial charge in [-0.2, -0.15) is 0 Å². The number of ether oxygens (including phenoxy) is 1. The largest absolute Gasteiger partial charge is 0.368 e. The monoisotopic (exact) mass is 240 g/mol. The summed E-state index contributed by atoms with van der Waals surface area (Å²) < 4.78 is 5.47. The van der Waals surface area contributed by atoms with E-state index in [1.165, 1.54) is 19.3 Å². The standard InChI is InChI=1S/C13H24N2O2/c14-8-10-4-3-5-11(10)9-15-13(16)12-6-1-2-7-17-12/h10-12H,1-9,14H2,(H,15,16). The van der Waals surface area contributed by atoms with E-state index in [2.05, 4.69) is 5.32 Å². The lowest BCUT2D eigenvalue weighted by Gasteiger charge is -2.24. The van der Waals surface area contributed by atoms with Crippen LogP contribution >= 0.6 is 0 Å². The van der Waals surface area contributed by atoms with Gasteiger partial charge in [-0.3, -0.25) is 4.79 Å². The molecule has 17 heavy (non-hydrogen) atoms. The quantitative estimate of drug-likeness (QED) is 0.772. The van der Waals surface area contributed by atoms with E-state index in [-0.39, 0.29) is 12.0 Å². The summed E-state index contributed by atoms with van der Waals surface area (Å²) in [5.74, 6) is 1.25. The third-order valence-corrected chi connectivity index (χ3v) is 4.13. The molecule has 0 aromatic carbocycles. The number of carbonyl (C=O) groups excluding carboxylic acids is 1. The highest BCUT2D eigenvalue weighted by Gasteiger charge is 2.28. The average molecular weight is 240 g/mol. The Kier molecular flexibility index (Phi) is 4.80. The SMILES string of the molecule is NCC1CCCC1CNC(=O)C1CCCCO1. The van der Waals surface area contributed by atoms with Gasteiger partial charge in [0.2, 0.25) is 5.91 Å². The molecule has 1 saturated carbocycles. The molecule has 3 N–H and O–H groups in total. The molecule has 1 heterocycles. The Labute approximate surface area is 103 Å². The maximum absolute atomic E-state index is 11.9. The van der Waals surface area contributed by atoms with Gasteiger partial charge in [0, 0.05) is 13.2 Å². The molecule has 1 amide bonds. The van der Waals surface area contributed by atoms with E-state index in [9.17, 15) is 4.79 Å². The summed E-state index contributed by atoms with van der Waals surface area (Å²) in [5.41, 5.74) is 5.74. The molecule has 4 nitrogen and oxygen atoms in total. The van der Waals surface area contributed by atoms with Crippen LogP contribution in [-0.4, -0.2) is 31.7 Å². The van der Waals surface area contributed by atoms with E-state index < -0.39 is 0 Å². The van der Waals surface area contributed by atoms with E-state index in [1.807, 2.05) is 0 Å². The second-order valence-corrected chi connectivity index (χ2v) is 5.29. The van der Waals surface area contributed by atoms with Crippen molar-refractivity contribution in [2.75, 3.05) is 19.7 Å². The zero-order valence-electron chi connectivity index (χ0n) is 10.5. The molecule has 4 heteroatoms. The summed E-state index contributed by atoms with van der Waals surface area (Å²) in [4.78, 5) is 11.9. The molecule has 0 aromatic rings. The molecule has 3 atom stereocenters. The van der Waals surface area contributed by atoms with Crippen molar-refractivity contribution < 1.29 is 9.53 Å². The Balaban J connectivity index is 1.71. The highest BCUT2D eigenvalue weighted by molar-refractivity contribution is 5.80. The van der Waals surface area contributed by atoms with Crippen LogP contribution in [0.2, 0.25) is 0 Å². The van der Waals surface area contributed by atoms with E-state index >= 15 is 0 Å². The predicted molar refractivity (Wildman–Crippen MR) is 66.5 cm³/mol. The van der Waals surface area contributed by atoms with Crippen LogP contribution in [-0.2, 0) is 9.53 Å². The molecule has 0 radical (unpaired) electrons. The molecule has 1 aliphatic heterocycles. The Morgan fingerprint density at radius 3 is 2.71 bits per heavy atom. The molecule has 1 aliphatic carbocycles. The second-order valence-electron chi connectivity index (χ2n) is 5.29. The average Bonchev–Trinajstić information content (AvgIpc) is 2.84. The van der Waals surface area contributed by atoms with Crippen LogP contribution in [0.4, 0.5) is 0 Å². The van der Waals surface area contributed by atoms with Gasteiger partial charge in [0.05, 0.1) is 0 Å². The molecule has 2 aliphatic rings. The first-order valence-electron chi connectivity index (χ1n) is 6.90. The third-order valence-electron chi connectivity index (χ3n) is 4.13. The van der Waals surface area contributed by atoms with Gasteiger partial charge in [0.15, 0.2) is 0 Å². The van der Waals surface area contributed by atoms with Gasteiger partial charge in [-0.05, 0) is 50.5 Å². The van der Waals surface area contributed by atoms with Gasteiger partial charge in [-0.1, -0.05) is 6.42 Å². The van der Waals surface area contributed by atoms with Crippen molar-refractivity contribution in [1.29, 1.82) is 0 Å². The first-order valence-corrected chi connectivity index (χ1v) is 6.90. The molecule has 2 rings (SSSR count). The Morgan fingerprint density at radius 2 is 2.00 bits per heavy atom. The van der Waals surface area contributed by atoms with E-state index in [4.69, 9.17) is 10.5 Å². The number of hydrogen-bond donors (Lipinski definition) is 2. The van der Waals surface area contributed by atoms with Gasteiger partial charge in [-0.15, -0.1) is 0 Å². The smallest absolute Gasteiger partial charge is 0.249 e. The van der Waals surface area contributed by atoms with Crippen LogP contribution in [0.3, 0.4) is 0 Å². The molecule has 0 spiro atoms. The minimum atomic E-state index is -0.207. The second kappa shape index (κ2) is 6.36. The maximum Gasteiger partial charge on any atom is 0.249 e. The van der Waals surface area contributed by atoms with E-state index in [0.29, 0.717) is 11.8 Å². The van der Waals surface area contributed by atoms with Crippen LogP contribution in [0.25, 0.3) is 0 Å². The van der Waals surface area contributed by atoms with Crippen LogP contribution in [0.1, 0.15) is 38.5 Å². The van der Waals surface area contributed by atoms with Crippen LogP contribution in [0.5, 0.6) is 0 Å². The van der Waals surface area contributed by atoms with Gasteiger partial charge in [0.1, 0.15) is 6.10 Å². The summed E-state index contributed by atoms with van der Waals surface area (Å²) in [6.07, 6.45) is 6.53. The van der Waals surface area contributed by atoms with E-state index in [0.717, 1.165) is 39.0 Å². The number of rotatable bonds is 4. The van der Waals surface area contributed by atoms with Gasteiger partial charge in [-0.25, -0.2) is 0 Å². The Morgan fingerprint density at radius 1 is 1.18 bits per heavy atom. The fourth-order valence-corrected chi connectivity index (χ4v) is 2.99. The zero-order valence-corrected chi connectivity index (χ0v) is 10.5. The van der Waals surface area contributed by atoms with Gasteiger partial charge >= 0.3 is 0 Å².